The molecule has 55 heavy (non-hydrogen) atoms. The molecule has 0 saturated heterocycles. The number of fused-ring (bicyclic) bond motifs is 7. The van der Waals surface area contributed by atoms with Crippen LogP contribution in [-0.4, -0.2) is 0 Å². The molecule has 0 amide bonds. The lowest BCUT2D eigenvalue weighted by atomic mass is 9.95. The number of anilines is 3. The molecular formula is C52H33NOS. The molecule has 2 nitrogen and oxygen atoms in total. The van der Waals surface area contributed by atoms with Gasteiger partial charge >= 0.3 is 0 Å². The molecule has 0 unspecified atom stereocenters. The molecule has 258 valence electrons. The Balaban J connectivity index is 1.11. The van der Waals surface area contributed by atoms with Crippen LogP contribution in [0.3, 0.4) is 0 Å². The van der Waals surface area contributed by atoms with Gasteiger partial charge in [-0.15, -0.1) is 11.3 Å². The van der Waals surface area contributed by atoms with Crippen LogP contribution < -0.4 is 4.90 Å². The van der Waals surface area contributed by atoms with Gasteiger partial charge in [0.15, 0.2) is 0 Å². The normalized spacial score (nSPS) is 11.6. The summed E-state index contributed by atoms with van der Waals surface area (Å²) in [7, 11) is 0. The number of nitrogens with zero attached hydrogens (tertiary/aromatic N) is 1. The lowest BCUT2D eigenvalue weighted by Crippen LogP contribution is -2.12. The van der Waals surface area contributed by atoms with E-state index >= 15 is 0 Å². The third-order valence-corrected chi connectivity index (χ3v) is 12.0. The molecule has 11 aromatic rings. The van der Waals surface area contributed by atoms with E-state index in [2.05, 4.69) is 199 Å². The summed E-state index contributed by atoms with van der Waals surface area (Å²) < 4.78 is 9.25. The lowest BCUT2D eigenvalue weighted by Gasteiger charge is -2.30. The minimum absolute atomic E-state index is 0.894. The van der Waals surface area contributed by atoms with Crippen molar-refractivity contribution in [1.29, 1.82) is 0 Å². The van der Waals surface area contributed by atoms with E-state index in [9.17, 15) is 0 Å². The Morgan fingerprint density at radius 3 is 1.76 bits per heavy atom. The molecule has 0 N–H and O–H groups in total. The maximum absolute atomic E-state index is 6.62. The van der Waals surface area contributed by atoms with E-state index in [1.807, 2.05) is 17.4 Å². The Morgan fingerprint density at radius 1 is 0.364 bits per heavy atom. The van der Waals surface area contributed by atoms with E-state index in [4.69, 9.17) is 4.42 Å². The second-order valence-electron chi connectivity index (χ2n) is 14.0. The molecule has 2 heterocycles. The number of rotatable bonds is 6. The molecule has 0 atom stereocenters. The first kappa shape index (κ1) is 31.6. The third kappa shape index (κ3) is 5.24. The number of para-hydroxylation sites is 4. The Labute approximate surface area is 322 Å². The van der Waals surface area contributed by atoms with Gasteiger partial charge in [-0.05, 0) is 69.9 Å². The first-order valence-corrected chi connectivity index (χ1v) is 19.5. The van der Waals surface area contributed by atoms with Gasteiger partial charge in [-0.1, -0.05) is 158 Å². The average Bonchev–Trinajstić information content (AvgIpc) is 3.83. The summed E-state index contributed by atoms with van der Waals surface area (Å²) >= 11 is 1.86. The van der Waals surface area contributed by atoms with Crippen molar-refractivity contribution in [2.75, 3.05) is 4.90 Å². The number of thiophene rings is 1. The predicted octanol–water partition coefficient (Wildman–Crippen LogP) is 15.6. The molecule has 11 rings (SSSR count). The molecule has 3 heteroatoms. The summed E-state index contributed by atoms with van der Waals surface area (Å²) in [5, 5.41) is 7.32. The van der Waals surface area contributed by atoms with Gasteiger partial charge in [-0.3, -0.25) is 0 Å². The third-order valence-electron chi connectivity index (χ3n) is 10.9. The molecule has 0 bridgehead atoms. The fourth-order valence-corrected chi connectivity index (χ4v) is 9.47. The van der Waals surface area contributed by atoms with Crippen LogP contribution in [-0.2, 0) is 0 Å². The van der Waals surface area contributed by atoms with Crippen molar-refractivity contribution in [2.24, 2.45) is 0 Å². The zero-order valence-corrected chi connectivity index (χ0v) is 30.6. The summed E-state index contributed by atoms with van der Waals surface area (Å²) in [6, 6.07) is 72.2. The van der Waals surface area contributed by atoms with Crippen LogP contribution in [0.15, 0.2) is 205 Å². The highest BCUT2D eigenvalue weighted by Gasteiger charge is 2.23. The molecule has 0 spiro atoms. The summed E-state index contributed by atoms with van der Waals surface area (Å²) in [4.78, 5) is 2.42. The molecule has 0 aliphatic rings. The van der Waals surface area contributed by atoms with Crippen molar-refractivity contribution < 1.29 is 4.42 Å². The highest BCUT2D eigenvalue weighted by Crippen LogP contribution is 2.48. The molecule has 0 radical (unpaired) electrons. The summed E-state index contributed by atoms with van der Waals surface area (Å²) in [5.74, 6) is 0. The quantitative estimate of drug-likeness (QED) is 0.170. The van der Waals surface area contributed by atoms with Crippen LogP contribution in [0.5, 0.6) is 0 Å². The monoisotopic (exact) mass is 719 g/mol. The molecule has 2 aromatic heterocycles. The maximum atomic E-state index is 6.62. The van der Waals surface area contributed by atoms with E-state index in [-0.39, 0.29) is 0 Å². The summed E-state index contributed by atoms with van der Waals surface area (Å²) in [6.07, 6.45) is 0. The van der Waals surface area contributed by atoms with Crippen LogP contribution in [0, 0.1) is 0 Å². The van der Waals surface area contributed by atoms with Crippen LogP contribution in [0.25, 0.3) is 86.3 Å². The molecule has 9 aromatic carbocycles. The topological polar surface area (TPSA) is 16.4 Å². The SMILES string of the molecule is c1ccc(N(c2ccc(-c3ccc4c(c3)sc3ccccc34)cc2)c2ccccc2-c2cccc3c2oc2ccccc23)c(-c2cccc3ccccc23)c1. The van der Waals surface area contributed by atoms with Gasteiger partial charge in [-0.25, -0.2) is 0 Å². The Hall–Kier alpha value is -6.94. The van der Waals surface area contributed by atoms with Gasteiger partial charge in [0.05, 0.1) is 11.4 Å². The standard InChI is InChI=1S/C52H33NOS/c1-2-15-38-35(13-1)14-11-20-39(38)40-16-3-7-23-47(40)53(37-30-27-34(28-31-37)36-29-32-44-43-19-6-10-26-50(43)55-51(44)33-36)48-24-8-4-17-41(48)45-21-12-22-46-42-18-5-9-25-49(42)54-52(45)46/h1-33H. The molecule has 0 aliphatic carbocycles. The fraction of sp³-hybridized carbons (Fsp3) is 0. The molecular weight excluding hydrogens is 687 g/mol. The smallest absolute Gasteiger partial charge is 0.143 e. The van der Waals surface area contributed by atoms with Gasteiger partial charge in [0.1, 0.15) is 11.2 Å². The first-order chi connectivity index (χ1) is 27.3. The average molecular weight is 720 g/mol. The number of hydrogen-bond acceptors (Lipinski definition) is 3. The van der Waals surface area contributed by atoms with Crippen molar-refractivity contribution >= 4 is 81.3 Å². The predicted molar refractivity (Wildman–Crippen MR) is 235 cm³/mol. The van der Waals surface area contributed by atoms with Gasteiger partial charge in [0.25, 0.3) is 0 Å². The zero-order valence-electron chi connectivity index (χ0n) is 29.8. The minimum Gasteiger partial charge on any atom is -0.455 e. The van der Waals surface area contributed by atoms with Crippen molar-refractivity contribution in [3.63, 3.8) is 0 Å². The summed E-state index contributed by atoms with van der Waals surface area (Å²) in [6.45, 7) is 0. The van der Waals surface area contributed by atoms with Crippen LogP contribution in [0.4, 0.5) is 17.1 Å². The Morgan fingerprint density at radius 2 is 0.927 bits per heavy atom. The van der Waals surface area contributed by atoms with Crippen LogP contribution >= 0.6 is 11.3 Å². The lowest BCUT2D eigenvalue weighted by molar-refractivity contribution is 0.670. The van der Waals surface area contributed by atoms with Gasteiger partial charge in [-0.2, -0.15) is 0 Å². The fourth-order valence-electron chi connectivity index (χ4n) is 8.33. The largest absolute Gasteiger partial charge is 0.455 e. The van der Waals surface area contributed by atoms with E-state index < -0.39 is 0 Å². The van der Waals surface area contributed by atoms with Crippen LogP contribution in [0.1, 0.15) is 0 Å². The van der Waals surface area contributed by atoms with Gasteiger partial charge in [0.2, 0.25) is 0 Å². The van der Waals surface area contributed by atoms with E-state index in [0.717, 1.165) is 55.7 Å². The van der Waals surface area contributed by atoms with E-state index in [1.54, 1.807) is 0 Å². The number of benzene rings is 9. The zero-order chi connectivity index (χ0) is 36.3. The first-order valence-electron chi connectivity index (χ1n) is 18.7. The molecule has 0 aliphatic heterocycles. The molecule has 0 saturated carbocycles. The second-order valence-corrected chi connectivity index (χ2v) is 15.1. The highest BCUT2D eigenvalue weighted by molar-refractivity contribution is 7.25. The van der Waals surface area contributed by atoms with Crippen molar-refractivity contribution in [2.45, 2.75) is 0 Å². The second kappa shape index (κ2) is 12.9. The van der Waals surface area contributed by atoms with Crippen LogP contribution in [0.2, 0.25) is 0 Å². The van der Waals surface area contributed by atoms with Crippen molar-refractivity contribution in [1.82, 2.24) is 0 Å². The van der Waals surface area contributed by atoms with Crippen molar-refractivity contribution in [3.05, 3.63) is 200 Å². The molecule has 0 fully saturated rings. The van der Waals surface area contributed by atoms with E-state index in [1.165, 1.54) is 47.6 Å². The highest BCUT2D eigenvalue weighted by atomic mass is 32.1. The Bertz CT molecular complexity index is 3220. The maximum Gasteiger partial charge on any atom is 0.143 e. The minimum atomic E-state index is 0.894. The van der Waals surface area contributed by atoms with Crippen molar-refractivity contribution in [3.8, 4) is 33.4 Å². The van der Waals surface area contributed by atoms with E-state index in [0.29, 0.717) is 0 Å². The number of furan rings is 1. The number of hydrogen-bond donors (Lipinski definition) is 0. The van der Waals surface area contributed by atoms with Gasteiger partial charge in [0, 0.05) is 53.3 Å². The summed E-state index contributed by atoms with van der Waals surface area (Å²) in [5.41, 5.74) is 11.9. The Kier molecular flexibility index (Phi) is 7.39. The van der Waals surface area contributed by atoms with Gasteiger partial charge < -0.3 is 9.32 Å².